The van der Waals surface area contributed by atoms with Gasteiger partial charge in [0, 0.05) is 13.6 Å². The van der Waals surface area contributed by atoms with Crippen molar-refractivity contribution in [2.45, 2.75) is 25.9 Å². The summed E-state index contributed by atoms with van der Waals surface area (Å²) in [5.74, 6) is 0. The van der Waals surface area contributed by atoms with Crippen molar-refractivity contribution in [1.82, 2.24) is 0 Å². The Hall–Kier alpha value is 0.137. The van der Waals surface area contributed by atoms with Crippen LogP contribution in [0.4, 0.5) is 0 Å². The Morgan fingerprint density at radius 2 is 2.50 bits per heavy atom. The number of hydrogen-bond donors (Lipinski definition) is 1. The van der Waals surface area contributed by atoms with E-state index in [1.807, 2.05) is 13.8 Å². The van der Waals surface area contributed by atoms with Crippen LogP contribution in [0.25, 0.3) is 0 Å². The third kappa shape index (κ3) is 4.30. The molecule has 0 fully saturated rings. The summed E-state index contributed by atoms with van der Waals surface area (Å²) in [6, 6.07) is 0. The summed E-state index contributed by atoms with van der Waals surface area (Å²) in [4.78, 5) is 0. The van der Waals surface area contributed by atoms with Gasteiger partial charge in [-0.3, -0.25) is 0 Å². The molecule has 0 rings (SSSR count). The zero-order chi connectivity index (χ0) is 7.33. The van der Waals surface area contributed by atoms with E-state index < -0.39 is 15.4 Å². The summed E-state index contributed by atoms with van der Waals surface area (Å²) >= 11 is 0. The predicted octanol–water partition coefficient (Wildman–Crippen LogP) is -0.199. The van der Waals surface area contributed by atoms with E-state index in [1.165, 1.54) is 0 Å². The summed E-state index contributed by atoms with van der Waals surface area (Å²) in [5, 5.41) is 0. The fourth-order valence-corrected chi connectivity index (χ4v) is 1.01. The number of nitrogens with two attached hydrogens (primary N) is 1. The fourth-order valence-electron chi connectivity index (χ4n) is 0.335. The molecule has 0 aliphatic rings. The molecule has 0 spiro atoms. The van der Waals surface area contributed by atoms with Crippen molar-refractivity contribution in [2.24, 2.45) is 5.73 Å². The number of rotatable bonds is 4. The predicted molar refractivity (Wildman–Crippen MR) is 38.4 cm³/mol. The van der Waals surface area contributed by atoms with Crippen molar-refractivity contribution in [2.75, 3.05) is 6.61 Å². The van der Waals surface area contributed by atoms with Crippen LogP contribution in [0.15, 0.2) is 0 Å². The Balaban J connectivity index is 3.33. The van der Waals surface area contributed by atoms with Crippen molar-refractivity contribution in [3.8, 4) is 0 Å². The lowest BCUT2D eigenvalue weighted by atomic mass is 10.5. The van der Waals surface area contributed by atoms with Crippen LogP contribution in [0.5, 0.6) is 0 Å². The first kappa shape index (κ1) is 6.26. The first-order valence-corrected chi connectivity index (χ1v) is 4.27. The van der Waals surface area contributed by atoms with E-state index in [0.717, 1.165) is 0 Å². The smallest absolute Gasteiger partial charge is 0.177 e. The average Bonchev–Trinajstić information content (AvgIpc) is 1.84. The molecule has 0 aromatic heterocycles. The molecule has 0 saturated heterocycles. The lowest BCUT2D eigenvalue weighted by molar-refractivity contribution is 0.352. The van der Waals surface area contributed by atoms with Crippen LogP contribution in [0.3, 0.4) is 0 Å². The second kappa shape index (κ2) is 5.28. The SMILES string of the molecule is [3H]C(N)(CC)[SiH2]OCC. The third-order valence-corrected chi connectivity index (χ3v) is 2.43. The maximum atomic E-state index is 7.39. The van der Waals surface area contributed by atoms with Gasteiger partial charge >= 0.3 is 0 Å². The van der Waals surface area contributed by atoms with Crippen LogP contribution in [0, 0.1) is 0 Å². The molecule has 0 bridgehead atoms. The van der Waals surface area contributed by atoms with Crippen LogP contribution in [-0.4, -0.2) is 22.0 Å². The largest absolute Gasteiger partial charge is 0.423 e. The van der Waals surface area contributed by atoms with Crippen LogP contribution < -0.4 is 5.73 Å². The Morgan fingerprint density at radius 3 is 2.88 bits per heavy atom. The van der Waals surface area contributed by atoms with Gasteiger partial charge in [-0.05, 0) is 13.3 Å². The minimum atomic E-state index is -0.816. The second-order valence-electron chi connectivity index (χ2n) is 1.65. The van der Waals surface area contributed by atoms with E-state index in [2.05, 4.69) is 0 Å². The van der Waals surface area contributed by atoms with Gasteiger partial charge in [0.05, 0.1) is 0 Å². The highest BCUT2D eigenvalue weighted by molar-refractivity contribution is 6.29. The van der Waals surface area contributed by atoms with Crippen LogP contribution in [0.2, 0.25) is 0 Å². The normalized spacial score (nSPS) is 21.1. The molecular weight excluding hydrogens is 118 g/mol. The van der Waals surface area contributed by atoms with E-state index >= 15 is 0 Å². The molecule has 8 heavy (non-hydrogen) atoms. The average molecular weight is 135 g/mol. The summed E-state index contributed by atoms with van der Waals surface area (Å²) in [6.45, 7) is 4.54. The standard InChI is InChI=1S/C5H15NOSi/c1-3-5(6)8-7-4-2/h5H,3-4,6,8H2,1-2H3/i5T. The molecule has 0 amide bonds. The zero-order valence-electron chi connectivity index (χ0n) is 6.61. The van der Waals surface area contributed by atoms with Gasteiger partial charge in [0.2, 0.25) is 0 Å². The van der Waals surface area contributed by atoms with Crippen LogP contribution in [-0.2, 0) is 4.43 Å². The van der Waals surface area contributed by atoms with E-state index in [-0.39, 0.29) is 0 Å². The minimum Gasteiger partial charge on any atom is -0.423 e. The fraction of sp³-hybridized carbons (Fsp3) is 1.00. The van der Waals surface area contributed by atoms with Gasteiger partial charge in [-0.25, -0.2) is 0 Å². The molecule has 0 aliphatic heterocycles. The summed E-state index contributed by atoms with van der Waals surface area (Å²) in [7, 11) is -0.816. The van der Waals surface area contributed by atoms with Gasteiger partial charge in [0.1, 0.15) is 0 Å². The van der Waals surface area contributed by atoms with Gasteiger partial charge in [0.15, 0.2) is 9.76 Å². The van der Waals surface area contributed by atoms with Crippen LogP contribution in [0.1, 0.15) is 21.6 Å². The van der Waals surface area contributed by atoms with E-state index in [0.29, 0.717) is 13.0 Å². The van der Waals surface area contributed by atoms with E-state index in [9.17, 15) is 0 Å². The Labute approximate surface area is 54.8 Å². The number of hydrogen-bond acceptors (Lipinski definition) is 2. The maximum Gasteiger partial charge on any atom is 0.177 e. The molecule has 0 aliphatic carbocycles. The summed E-state index contributed by atoms with van der Waals surface area (Å²) < 4.78 is 12.5. The molecule has 3 heteroatoms. The van der Waals surface area contributed by atoms with Crippen molar-refractivity contribution >= 4 is 9.76 Å². The van der Waals surface area contributed by atoms with Gasteiger partial charge in [-0.2, -0.15) is 0 Å². The van der Waals surface area contributed by atoms with Gasteiger partial charge in [-0.15, -0.1) is 0 Å². The van der Waals surface area contributed by atoms with Crippen molar-refractivity contribution in [3.63, 3.8) is 0 Å². The van der Waals surface area contributed by atoms with E-state index in [1.54, 1.807) is 0 Å². The Morgan fingerprint density at radius 1 is 1.88 bits per heavy atom. The van der Waals surface area contributed by atoms with Crippen molar-refractivity contribution in [3.05, 3.63) is 0 Å². The van der Waals surface area contributed by atoms with Gasteiger partial charge < -0.3 is 10.2 Å². The third-order valence-electron chi connectivity index (χ3n) is 0.946. The zero-order valence-corrected chi connectivity index (χ0v) is 7.02. The highest BCUT2D eigenvalue weighted by Crippen LogP contribution is 1.82. The Kier molecular flexibility index (Phi) is 4.13. The summed E-state index contributed by atoms with van der Waals surface area (Å²) in [6.07, 6.45) is 0.694. The molecule has 50 valence electrons. The van der Waals surface area contributed by atoms with Crippen molar-refractivity contribution in [1.29, 1.82) is 0 Å². The first-order chi connectivity index (χ1) is 4.12. The molecule has 0 aromatic rings. The molecule has 1 unspecified atom stereocenters. The monoisotopic (exact) mass is 135 g/mol. The molecule has 0 radical (unpaired) electrons. The minimum absolute atomic E-state index is 0.694. The molecule has 2 nitrogen and oxygen atoms in total. The molecule has 0 saturated carbocycles. The maximum absolute atomic E-state index is 7.39. The molecule has 2 N–H and O–H groups in total. The lowest BCUT2D eigenvalue weighted by Gasteiger charge is -2.05. The molecule has 0 heterocycles. The summed E-state index contributed by atoms with van der Waals surface area (Å²) in [5.41, 5.74) is 4.77. The molecule has 1 atom stereocenters. The van der Waals surface area contributed by atoms with Gasteiger partial charge in [0.25, 0.3) is 0 Å². The highest BCUT2D eigenvalue weighted by atomic mass is 28.2. The van der Waals surface area contributed by atoms with Crippen molar-refractivity contribution < 1.29 is 5.80 Å². The first-order valence-electron chi connectivity index (χ1n) is 3.49. The lowest BCUT2D eigenvalue weighted by Crippen LogP contribution is -2.28. The van der Waals surface area contributed by atoms with E-state index in [4.69, 9.17) is 11.5 Å². The Bertz CT molecular complexity index is 79.4. The second-order valence-corrected chi connectivity index (χ2v) is 3.25. The van der Waals surface area contributed by atoms with Gasteiger partial charge in [-0.1, -0.05) is 6.92 Å². The molecule has 0 aromatic carbocycles. The molecular formula is C5H15NOSi. The van der Waals surface area contributed by atoms with Crippen LogP contribution >= 0.6 is 0 Å². The topological polar surface area (TPSA) is 35.2 Å². The highest BCUT2D eigenvalue weighted by Gasteiger charge is 1.96. The quantitative estimate of drug-likeness (QED) is 0.542.